The number of amides is 2. The Hall–Kier alpha value is -3.60. The van der Waals surface area contributed by atoms with E-state index in [1.165, 1.54) is 18.6 Å². The lowest BCUT2D eigenvalue weighted by molar-refractivity contribution is 0.0189. The zero-order valence-electron chi connectivity index (χ0n) is 17.8. The second-order valence-corrected chi connectivity index (χ2v) is 8.67. The second kappa shape index (κ2) is 8.39. The molecule has 2 aliphatic heterocycles. The lowest BCUT2D eigenvalue weighted by Crippen LogP contribution is -2.43. The maximum atomic E-state index is 15.1. The van der Waals surface area contributed by atoms with Gasteiger partial charge in [-0.3, -0.25) is 14.4 Å². The quantitative estimate of drug-likeness (QED) is 0.543. The molecule has 172 valence electrons. The number of halogens is 1. The van der Waals surface area contributed by atoms with Crippen molar-refractivity contribution < 1.29 is 18.7 Å². The first-order chi connectivity index (χ1) is 16.0. The number of carbonyl (C=O) groups excluding carboxylic acids is 2. The number of nitrogens with zero attached hydrogens (tertiary/aromatic N) is 3. The number of imidazole rings is 1. The van der Waals surface area contributed by atoms with E-state index in [0.29, 0.717) is 31.7 Å². The van der Waals surface area contributed by atoms with Crippen LogP contribution in [0.5, 0.6) is 0 Å². The van der Waals surface area contributed by atoms with Crippen molar-refractivity contribution in [3.63, 3.8) is 0 Å². The predicted molar refractivity (Wildman–Crippen MR) is 115 cm³/mol. The second-order valence-electron chi connectivity index (χ2n) is 8.67. The van der Waals surface area contributed by atoms with E-state index in [9.17, 15) is 14.4 Å². The molecule has 0 saturated carbocycles. The van der Waals surface area contributed by atoms with Crippen LogP contribution >= 0.6 is 0 Å². The zero-order valence-corrected chi connectivity index (χ0v) is 17.8. The SMILES string of the molecule is O=C(NCC1CC2(CCOCC2)CN1C(=O)c1ccc2[nH]cnc2c1F)c1cn[nH]c(=O)c1. The smallest absolute Gasteiger partial charge is 0.264 e. The molecule has 2 aliphatic rings. The number of aromatic amines is 2. The van der Waals surface area contributed by atoms with Crippen molar-refractivity contribution in [2.24, 2.45) is 5.41 Å². The number of likely N-dealkylation sites (tertiary alicyclic amines) is 1. The summed E-state index contributed by atoms with van der Waals surface area (Å²) in [4.78, 5) is 45.9. The minimum atomic E-state index is -0.663. The molecule has 2 amide bonds. The first-order valence-corrected chi connectivity index (χ1v) is 10.8. The van der Waals surface area contributed by atoms with Gasteiger partial charge in [-0.25, -0.2) is 14.5 Å². The molecule has 0 aliphatic carbocycles. The maximum absolute atomic E-state index is 15.1. The van der Waals surface area contributed by atoms with Gasteiger partial charge in [0, 0.05) is 38.4 Å². The molecule has 3 N–H and O–H groups in total. The summed E-state index contributed by atoms with van der Waals surface area (Å²) in [6, 6.07) is 3.93. The van der Waals surface area contributed by atoms with E-state index >= 15 is 4.39 Å². The summed E-state index contributed by atoms with van der Waals surface area (Å²) < 4.78 is 20.6. The van der Waals surface area contributed by atoms with Gasteiger partial charge in [0.05, 0.1) is 29.2 Å². The molecule has 11 heteroatoms. The Morgan fingerprint density at radius 3 is 2.91 bits per heavy atom. The monoisotopic (exact) mass is 454 g/mol. The fourth-order valence-electron chi connectivity index (χ4n) is 4.86. The van der Waals surface area contributed by atoms with Gasteiger partial charge in [0.1, 0.15) is 5.52 Å². The van der Waals surface area contributed by atoms with Crippen molar-refractivity contribution in [1.82, 2.24) is 30.4 Å². The summed E-state index contributed by atoms with van der Waals surface area (Å²) in [6.07, 6.45) is 4.90. The van der Waals surface area contributed by atoms with Crippen LogP contribution in [0.2, 0.25) is 0 Å². The summed E-state index contributed by atoms with van der Waals surface area (Å²) in [5.74, 6) is -1.56. The number of ether oxygens (including phenoxy) is 1. The van der Waals surface area contributed by atoms with Crippen LogP contribution in [0.4, 0.5) is 4.39 Å². The van der Waals surface area contributed by atoms with E-state index in [1.807, 2.05) is 0 Å². The van der Waals surface area contributed by atoms with Gasteiger partial charge in [-0.1, -0.05) is 0 Å². The molecule has 1 unspecified atom stereocenters. The number of aromatic nitrogens is 4. The minimum Gasteiger partial charge on any atom is -0.381 e. The molecule has 2 saturated heterocycles. The molecule has 1 aromatic carbocycles. The number of benzene rings is 1. The summed E-state index contributed by atoms with van der Waals surface area (Å²) >= 11 is 0. The molecule has 3 aromatic rings. The summed E-state index contributed by atoms with van der Waals surface area (Å²) in [5, 5.41) is 8.66. The first-order valence-electron chi connectivity index (χ1n) is 10.8. The summed E-state index contributed by atoms with van der Waals surface area (Å²) in [6.45, 7) is 1.84. The molecule has 1 atom stereocenters. The Morgan fingerprint density at radius 2 is 2.12 bits per heavy atom. The number of carbonyl (C=O) groups is 2. The predicted octanol–water partition coefficient (Wildman–Crippen LogP) is 1.23. The van der Waals surface area contributed by atoms with Crippen molar-refractivity contribution in [2.75, 3.05) is 26.3 Å². The number of nitrogens with one attached hydrogen (secondary N) is 3. The zero-order chi connectivity index (χ0) is 23.0. The number of hydrogen-bond donors (Lipinski definition) is 3. The van der Waals surface area contributed by atoms with E-state index in [0.717, 1.165) is 18.9 Å². The molecule has 0 bridgehead atoms. The van der Waals surface area contributed by atoms with Crippen LogP contribution in [-0.2, 0) is 4.74 Å². The molecule has 1 spiro atoms. The highest BCUT2D eigenvalue weighted by Crippen LogP contribution is 2.43. The summed E-state index contributed by atoms with van der Waals surface area (Å²) in [5.41, 5.74) is 0.0980. The van der Waals surface area contributed by atoms with E-state index in [-0.39, 0.29) is 34.6 Å². The molecule has 4 heterocycles. The molecule has 10 nitrogen and oxygen atoms in total. The fourth-order valence-corrected chi connectivity index (χ4v) is 4.86. The van der Waals surface area contributed by atoms with E-state index in [2.05, 4.69) is 25.5 Å². The van der Waals surface area contributed by atoms with Crippen molar-refractivity contribution in [3.8, 4) is 0 Å². The molecule has 2 aromatic heterocycles. The molecular weight excluding hydrogens is 431 g/mol. The standard InChI is InChI=1S/C22H23FN6O4/c23-18-15(1-2-16-19(18)26-12-25-16)21(32)29-11-22(3-5-33-6-4-22)8-14(29)10-24-20(31)13-7-17(30)28-27-9-13/h1-2,7,9,12,14H,3-6,8,10-11H2,(H,24,31)(H,25,26)(H,28,30). The molecule has 33 heavy (non-hydrogen) atoms. The topological polar surface area (TPSA) is 133 Å². The van der Waals surface area contributed by atoms with Gasteiger partial charge in [-0.05, 0) is 36.8 Å². The highest BCUT2D eigenvalue weighted by Gasteiger charge is 2.47. The minimum absolute atomic E-state index is 0.0474. The van der Waals surface area contributed by atoms with Crippen LogP contribution in [0.3, 0.4) is 0 Å². The van der Waals surface area contributed by atoms with Crippen molar-refractivity contribution in [3.05, 3.63) is 58.0 Å². The average Bonchev–Trinajstić information content (AvgIpc) is 3.43. The van der Waals surface area contributed by atoms with Gasteiger partial charge in [0.2, 0.25) is 0 Å². The normalized spacial score (nSPS) is 19.8. The van der Waals surface area contributed by atoms with Crippen molar-refractivity contribution in [2.45, 2.75) is 25.3 Å². The van der Waals surface area contributed by atoms with Gasteiger partial charge in [-0.15, -0.1) is 0 Å². The third kappa shape index (κ3) is 3.99. The van der Waals surface area contributed by atoms with E-state index < -0.39 is 23.2 Å². The summed E-state index contributed by atoms with van der Waals surface area (Å²) in [7, 11) is 0. The highest BCUT2D eigenvalue weighted by molar-refractivity contribution is 5.98. The van der Waals surface area contributed by atoms with E-state index in [4.69, 9.17) is 4.74 Å². The Kier molecular flexibility index (Phi) is 5.41. The van der Waals surface area contributed by atoms with Crippen molar-refractivity contribution in [1.29, 1.82) is 0 Å². The van der Waals surface area contributed by atoms with Gasteiger partial charge in [-0.2, -0.15) is 5.10 Å². The Balaban J connectivity index is 1.40. The Labute approximate surface area is 187 Å². The van der Waals surface area contributed by atoms with Crippen LogP contribution in [0, 0.1) is 11.2 Å². The first kappa shape index (κ1) is 21.3. The average molecular weight is 454 g/mol. The van der Waals surface area contributed by atoms with Crippen LogP contribution in [-0.4, -0.2) is 69.2 Å². The van der Waals surface area contributed by atoms with E-state index in [1.54, 1.807) is 11.0 Å². The van der Waals surface area contributed by atoms with Crippen LogP contribution in [0.25, 0.3) is 11.0 Å². The number of rotatable bonds is 4. The Bertz CT molecular complexity index is 1270. The van der Waals surface area contributed by atoms with Crippen molar-refractivity contribution >= 4 is 22.8 Å². The molecule has 0 radical (unpaired) electrons. The van der Waals surface area contributed by atoms with Crippen LogP contribution in [0.15, 0.2) is 35.5 Å². The Morgan fingerprint density at radius 1 is 1.30 bits per heavy atom. The van der Waals surface area contributed by atoms with Gasteiger partial charge < -0.3 is 19.9 Å². The number of fused-ring (bicyclic) bond motifs is 1. The van der Waals surface area contributed by atoms with Gasteiger partial charge >= 0.3 is 0 Å². The molecule has 5 rings (SSSR count). The highest BCUT2D eigenvalue weighted by atomic mass is 19.1. The van der Waals surface area contributed by atoms with Crippen LogP contribution < -0.4 is 10.9 Å². The third-order valence-corrected chi connectivity index (χ3v) is 6.62. The third-order valence-electron chi connectivity index (χ3n) is 6.62. The molecular formula is C22H23FN6O4. The number of H-pyrrole nitrogens is 2. The van der Waals surface area contributed by atoms with Gasteiger partial charge in [0.25, 0.3) is 17.4 Å². The molecule has 2 fully saturated rings. The lowest BCUT2D eigenvalue weighted by atomic mass is 9.78. The number of hydrogen-bond acceptors (Lipinski definition) is 6. The van der Waals surface area contributed by atoms with Crippen LogP contribution in [0.1, 0.15) is 40.0 Å². The fraction of sp³-hybridized carbons (Fsp3) is 0.409. The lowest BCUT2D eigenvalue weighted by Gasteiger charge is -2.33. The maximum Gasteiger partial charge on any atom is 0.264 e. The van der Waals surface area contributed by atoms with Gasteiger partial charge in [0.15, 0.2) is 5.82 Å². The largest absolute Gasteiger partial charge is 0.381 e.